The van der Waals surface area contributed by atoms with E-state index < -0.39 is 30.1 Å². The number of halogens is 2. The van der Waals surface area contributed by atoms with E-state index in [0.29, 0.717) is 0 Å². The maximum atomic E-state index is 13.4. The van der Waals surface area contributed by atoms with Crippen LogP contribution in [0.25, 0.3) is 0 Å². The Morgan fingerprint density at radius 3 is 2.44 bits per heavy atom. The second kappa shape index (κ2) is 8.02. The van der Waals surface area contributed by atoms with Gasteiger partial charge in [-0.1, -0.05) is 0 Å². The predicted octanol–water partition coefficient (Wildman–Crippen LogP) is 3.05. The van der Waals surface area contributed by atoms with E-state index >= 15 is 0 Å². The zero-order valence-corrected chi connectivity index (χ0v) is 13.3. The van der Waals surface area contributed by atoms with E-state index in [1.165, 1.54) is 18.2 Å². The van der Waals surface area contributed by atoms with Crippen LogP contribution in [0.4, 0.5) is 14.5 Å². The van der Waals surface area contributed by atoms with Crippen LogP contribution in [0.1, 0.15) is 22.8 Å². The minimum Gasteiger partial charge on any atom is -0.465 e. The number of ether oxygens (including phenoxy) is 1. The topological polar surface area (TPSA) is 70.4 Å². The lowest BCUT2D eigenvalue weighted by Crippen LogP contribution is -2.36. The summed E-state index contributed by atoms with van der Waals surface area (Å²) in [4.78, 5) is 25.6. The van der Waals surface area contributed by atoms with Crippen LogP contribution in [-0.4, -0.2) is 25.0 Å². The Morgan fingerprint density at radius 2 is 1.84 bits per heavy atom. The van der Waals surface area contributed by atoms with Crippen LogP contribution in [0.2, 0.25) is 0 Å². The highest BCUT2D eigenvalue weighted by molar-refractivity contribution is 6.08. The maximum Gasteiger partial charge on any atom is 0.326 e. The second-order valence-electron chi connectivity index (χ2n) is 4.98. The highest BCUT2D eigenvalue weighted by Crippen LogP contribution is 2.19. The van der Waals surface area contributed by atoms with Crippen LogP contribution in [0.3, 0.4) is 0 Å². The molecule has 0 aliphatic heterocycles. The molecule has 0 aliphatic carbocycles. The van der Waals surface area contributed by atoms with Crippen molar-refractivity contribution in [3.8, 4) is 6.07 Å². The van der Waals surface area contributed by atoms with Gasteiger partial charge in [0, 0.05) is 11.3 Å². The van der Waals surface area contributed by atoms with Gasteiger partial charge < -0.3 is 4.74 Å². The van der Waals surface area contributed by atoms with Crippen molar-refractivity contribution >= 4 is 17.6 Å². The van der Waals surface area contributed by atoms with Gasteiger partial charge in [-0.15, -0.1) is 0 Å². The summed E-state index contributed by atoms with van der Waals surface area (Å²) in [5.41, 5.74) is -0.00472. The van der Waals surface area contributed by atoms with E-state index in [1.54, 1.807) is 13.0 Å². The standard InChI is InChI=1S/C18H14F2N2O3/c1-2-25-17(23)11-22(15-6-4-14(19)5-7-15)18(24)12-3-8-16(20)13(9-12)10-21/h3-9H,2,11H2,1H3. The summed E-state index contributed by atoms with van der Waals surface area (Å²) in [5.74, 6) is -2.54. The molecule has 25 heavy (non-hydrogen) atoms. The Bertz CT molecular complexity index is 829. The lowest BCUT2D eigenvalue weighted by molar-refractivity contribution is -0.141. The van der Waals surface area contributed by atoms with Crippen molar-refractivity contribution in [1.82, 2.24) is 0 Å². The molecule has 0 bridgehead atoms. The van der Waals surface area contributed by atoms with Gasteiger partial charge in [-0.05, 0) is 49.4 Å². The fraction of sp³-hybridized carbons (Fsp3) is 0.167. The number of anilines is 1. The van der Waals surface area contributed by atoms with Crippen LogP contribution in [0.5, 0.6) is 0 Å². The summed E-state index contributed by atoms with van der Waals surface area (Å²) in [7, 11) is 0. The van der Waals surface area contributed by atoms with Crippen molar-refractivity contribution < 1.29 is 23.1 Å². The number of esters is 1. The Labute approximate surface area is 143 Å². The first-order valence-corrected chi connectivity index (χ1v) is 7.39. The van der Waals surface area contributed by atoms with Gasteiger partial charge in [-0.3, -0.25) is 14.5 Å². The van der Waals surface area contributed by atoms with Crippen LogP contribution in [0.15, 0.2) is 42.5 Å². The molecule has 0 aromatic heterocycles. The van der Waals surface area contributed by atoms with Gasteiger partial charge >= 0.3 is 5.97 Å². The third-order valence-electron chi connectivity index (χ3n) is 3.31. The third-order valence-corrected chi connectivity index (χ3v) is 3.31. The Kier molecular flexibility index (Phi) is 5.79. The maximum absolute atomic E-state index is 13.4. The molecule has 0 heterocycles. The van der Waals surface area contributed by atoms with Gasteiger partial charge in [0.15, 0.2) is 0 Å². The van der Waals surface area contributed by atoms with Crippen molar-refractivity contribution in [2.45, 2.75) is 6.92 Å². The normalized spacial score (nSPS) is 10.0. The molecule has 1 amide bonds. The van der Waals surface area contributed by atoms with E-state index in [-0.39, 0.29) is 23.4 Å². The SMILES string of the molecule is CCOC(=O)CN(C(=O)c1ccc(F)c(C#N)c1)c1ccc(F)cc1. The molecular formula is C18H14F2N2O3. The molecule has 0 saturated carbocycles. The highest BCUT2D eigenvalue weighted by Gasteiger charge is 2.22. The molecule has 2 rings (SSSR count). The Balaban J connectivity index is 2.40. The molecule has 5 nitrogen and oxygen atoms in total. The van der Waals surface area contributed by atoms with Crippen LogP contribution in [0, 0.1) is 23.0 Å². The van der Waals surface area contributed by atoms with E-state index in [4.69, 9.17) is 10.00 Å². The number of benzene rings is 2. The number of carbonyl (C=O) groups excluding carboxylic acids is 2. The van der Waals surface area contributed by atoms with Crippen LogP contribution in [-0.2, 0) is 9.53 Å². The number of nitriles is 1. The van der Waals surface area contributed by atoms with Crippen LogP contribution < -0.4 is 4.90 Å². The smallest absolute Gasteiger partial charge is 0.326 e. The molecule has 0 radical (unpaired) electrons. The first-order chi connectivity index (χ1) is 12.0. The summed E-state index contributed by atoms with van der Waals surface area (Å²) in [6.07, 6.45) is 0. The van der Waals surface area contributed by atoms with E-state index in [1.807, 2.05) is 0 Å². The van der Waals surface area contributed by atoms with Gasteiger partial charge in [0.25, 0.3) is 5.91 Å². The van der Waals surface area contributed by atoms with Crippen molar-refractivity contribution in [2.75, 3.05) is 18.1 Å². The average Bonchev–Trinajstić information content (AvgIpc) is 2.60. The summed E-state index contributed by atoms with van der Waals surface area (Å²) in [5, 5.41) is 8.90. The molecule has 2 aromatic carbocycles. The molecule has 0 fully saturated rings. The molecule has 0 saturated heterocycles. The largest absolute Gasteiger partial charge is 0.465 e. The Hall–Kier alpha value is -3.27. The van der Waals surface area contributed by atoms with Crippen LogP contribution >= 0.6 is 0 Å². The molecule has 7 heteroatoms. The molecule has 0 unspecified atom stereocenters. The van der Waals surface area contributed by atoms with Gasteiger partial charge in [0.2, 0.25) is 0 Å². The van der Waals surface area contributed by atoms with E-state index in [2.05, 4.69) is 0 Å². The van der Waals surface area contributed by atoms with Gasteiger partial charge in [-0.2, -0.15) is 5.26 Å². The molecule has 0 spiro atoms. The predicted molar refractivity (Wildman–Crippen MR) is 85.8 cm³/mol. The number of hydrogen-bond acceptors (Lipinski definition) is 4. The number of nitrogens with zero attached hydrogens (tertiary/aromatic N) is 2. The van der Waals surface area contributed by atoms with Crippen molar-refractivity contribution in [2.24, 2.45) is 0 Å². The highest BCUT2D eigenvalue weighted by atomic mass is 19.1. The quantitative estimate of drug-likeness (QED) is 0.782. The summed E-state index contributed by atoms with van der Waals surface area (Å²) >= 11 is 0. The van der Waals surface area contributed by atoms with Gasteiger partial charge in [0.05, 0.1) is 12.2 Å². The third kappa shape index (κ3) is 4.38. The summed E-state index contributed by atoms with van der Waals surface area (Å²) in [6.45, 7) is 1.36. The average molecular weight is 344 g/mol. The van der Waals surface area contributed by atoms with E-state index in [9.17, 15) is 18.4 Å². The van der Waals surface area contributed by atoms with Crippen molar-refractivity contribution in [3.63, 3.8) is 0 Å². The first kappa shape index (κ1) is 18.1. The molecule has 2 aromatic rings. The minimum atomic E-state index is -0.752. The molecule has 128 valence electrons. The van der Waals surface area contributed by atoms with Crippen molar-refractivity contribution in [3.05, 3.63) is 65.2 Å². The zero-order valence-electron chi connectivity index (χ0n) is 13.3. The Morgan fingerprint density at radius 1 is 1.16 bits per heavy atom. The summed E-state index contributed by atoms with van der Waals surface area (Å²) < 4.78 is 31.4. The first-order valence-electron chi connectivity index (χ1n) is 7.39. The zero-order chi connectivity index (χ0) is 18.4. The monoisotopic (exact) mass is 344 g/mol. The molecule has 0 aliphatic rings. The van der Waals surface area contributed by atoms with Gasteiger partial charge in [0.1, 0.15) is 24.2 Å². The lowest BCUT2D eigenvalue weighted by atomic mass is 10.1. The lowest BCUT2D eigenvalue weighted by Gasteiger charge is -2.22. The number of hydrogen-bond donors (Lipinski definition) is 0. The van der Waals surface area contributed by atoms with Gasteiger partial charge in [-0.25, -0.2) is 8.78 Å². The minimum absolute atomic E-state index is 0.0200. The summed E-state index contributed by atoms with van der Waals surface area (Å²) in [6, 6.07) is 9.91. The molecule has 0 atom stereocenters. The second-order valence-corrected chi connectivity index (χ2v) is 4.98. The number of amides is 1. The number of rotatable bonds is 5. The number of carbonyl (C=O) groups is 2. The van der Waals surface area contributed by atoms with Crippen molar-refractivity contribution in [1.29, 1.82) is 5.26 Å². The molecular weight excluding hydrogens is 330 g/mol. The fourth-order valence-electron chi connectivity index (χ4n) is 2.14. The fourth-order valence-corrected chi connectivity index (χ4v) is 2.14. The van der Waals surface area contributed by atoms with E-state index in [0.717, 1.165) is 29.2 Å². The molecule has 0 N–H and O–H groups in total.